The average Bonchev–Trinajstić information content (AvgIpc) is 2.69. The minimum atomic E-state index is -0.705. The molecule has 2 rings (SSSR count). The number of β-amino-alcohol motifs (C(OH)–C–C–N with tert-alkyl or cyclic N) is 1. The van der Waals surface area contributed by atoms with E-state index in [2.05, 4.69) is 5.32 Å². The maximum atomic E-state index is 12.1. The van der Waals surface area contributed by atoms with Crippen LogP contribution in [0.4, 0.5) is 11.4 Å². The van der Waals surface area contributed by atoms with Gasteiger partial charge in [0.15, 0.2) is 0 Å². The summed E-state index contributed by atoms with van der Waals surface area (Å²) in [4.78, 5) is 14.1. The predicted octanol–water partition coefficient (Wildman–Crippen LogP) is 0.980. The van der Waals surface area contributed by atoms with Gasteiger partial charge in [0, 0.05) is 25.3 Å². The SMILES string of the molecule is CCNC(=O)c1ccc(N)cc1N1CCC(C)(O)C1. The van der Waals surface area contributed by atoms with E-state index in [1.165, 1.54) is 0 Å². The summed E-state index contributed by atoms with van der Waals surface area (Å²) in [6.45, 7) is 5.52. The van der Waals surface area contributed by atoms with Crippen molar-refractivity contribution in [2.24, 2.45) is 0 Å². The predicted molar refractivity (Wildman–Crippen MR) is 76.3 cm³/mol. The summed E-state index contributed by atoms with van der Waals surface area (Å²) in [7, 11) is 0. The molecule has 0 bridgehead atoms. The Morgan fingerprint density at radius 2 is 2.32 bits per heavy atom. The van der Waals surface area contributed by atoms with E-state index in [1.807, 2.05) is 18.7 Å². The van der Waals surface area contributed by atoms with Crippen molar-refractivity contribution in [2.45, 2.75) is 25.9 Å². The van der Waals surface area contributed by atoms with Crippen LogP contribution < -0.4 is 16.0 Å². The quantitative estimate of drug-likeness (QED) is 0.710. The fraction of sp³-hybridized carbons (Fsp3) is 0.500. The van der Waals surface area contributed by atoms with Gasteiger partial charge in [0.2, 0.25) is 0 Å². The number of carbonyl (C=O) groups is 1. The lowest BCUT2D eigenvalue weighted by molar-refractivity contribution is 0.0837. The first-order valence-electron chi connectivity index (χ1n) is 6.58. The highest BCUT2D eigenvalue weighted by Crippen LogP contribution is 2.30. The zero-order chi connectivity index (χ0) is 14.0. The number of nitrogen functional groups attached to an aromatic ring is 1. The molecule has 0 spiro atoms. The minimum Gasteiger partial charge on any atom is -0.399 e. The van der Waals surface area contributed by atoms with Gasteiger partial charge in [-0.15, -0.1) is 0 Å². The molecule has 1 heterocycles. The Hall–Kier alpha value is -1.75. The van der Waals surface area contributed by atoms with Crippen LogP contribution in [0.3, 0.4) is 0 Å². The molecule has 4 N–H and O–H groups in total. The van der Waals surface area contributed by atoms with Gasteiger partial charge >= 0.3 is 0 Å². The highest BCUT2D eigenvalue weighted by molar-refractivity contribution is 6.00. The molecule has 1 aliphatic rings. The number of hydrogen-bond donors (Lipinski definition) is 3. The van der Waals surface area contributed by atoms with E-state index in [9.17, 15) is 9.90 Å². The van der Waals surface area contributed by atoms with Crippen LogP contribution in [0.2, 0.25) is 0 Å². The van der Waals surface area contributed by atoms with Crippen LogP contribution in [0.15, 0.2) is 18.2 Å². The normalized spacial score (nSPS) is 22.6. The van der Waals surface area contributed by atoms with Crippen molar-refractivity contribution < 1.29 is 9.90 Å². The molecule has 0 saturated carbocycles. The Morgan fingerprint density at radius 3 is 2.89 bits per heavy atom. The summed E-state index contributed by atoms with van der Waals surface area (Å²) < 4.78 is 0. The molecule has 1 aromatic carbocycles. The number of carbonyl (C=O) groups excluding carboxylic acids is 1. The van der Waals surface area contributed by atoms with Crippen LogP contribution >= 0.6 is 0 Å². The Labute approximate surface area is 113 Å². The van der Waals surface area contributed by atoms with Gasteiger partial charge in [-0.1, -0.05) is 0 Å². The third-order valence-electron chi connectivity index (χ3n) is 3.40. The number of aliphatic hydroxyl groups is 1. The van der Waals surface area contributed by atoms with Gasteiger partial charge in [-0.25, -0.2) is 0 Å². The Balaban J connectivity index is 2.33. The molecule has 0 radical (unpaired) electrons. The van der Waals surface area contributed by atoms with Crippen LogP contribution in [-0.2, 0) is 0 Å². The fourth-order valence-corrected chi connectivity index (χ4v) is 2.41. The molecule has 1 fully saturated rings. The van der Waals surface area contributed by atoms with E-state index in [0.717, 1.165) is 12.2 Å². The second kappa shape index (κ2) is 5.09. The van der Waals surface area contributed by atoms with Gasteiger partial charge in [0.05, 0.1) is 16.9 Å². The monoisotopic (exact) mass is 263 g/mol. The highest BCUT2D eigenvalue weighted by atomic mass is 16.3. The fourth-order valence-electron chi connectivity index (χ4n) is 2.41. The number of nitrogens with one attached hydrogen (secondary N) is 1. The molecule has 0 aromatic heterocycles. The Kier molecular flexibility index (Phi) is 3.66. The number of amides is 1. The molecule has 1 amide bonds. The molecule has 5 nitrogen and oxygen atoms in total. The molecular formula is C14H21N3O2. The first-order valence-corrected chi connectivity index (χ1v) is 6.58. The van der Waals surface area contributed by atoms with Gasteiger partial charge < -0.3 is 21.1 Å². The van der Waals surface area contributed by atoms with E-state index in [1.54, 1.807) is 18.2 Å². The van der Waals surface area contributed by atoms with Crippen molar-refractivity contribution in [3.63, 3.8) is 0 Å². The molecule has 1 aromatic rings. The molecule has 5 heteroatoms. The van der Waals surface area contributed by atoms with Crippen LogP contribution in [0, 0.1) is 0 Å². The zero-order valence-corrected chi connectivity index (χ0v) is 11.4. The maximum Gasteiger partial charge on any atom is 0.253 e. The molecule has 1 aliphatic heterocycles. The summed E-state index contributed by atoms with van der Waals surface area (Å²) in [5.74, 6) is -0.107. The molecule has 1 saturated heterocycles. The van der Waals surface area contributed by atoms with E-state index in [-0.39, 0.29) is 5.91 Å². The second-order valence-corrected chi connectivity index (χ2v) is 5.30. The minimum absolute atomic E-state index is 0.107. The number of nitrogens with two attached hydrogens (primary N) is 1. The highest BCUT2D eigenvalue weighted by Gasteiger charge is 2.33. The van der Waals surface area contributed by atoms with Crippen molar-refractivity contribution in [2.75, 3.05) is 30.3 Å². The zero-order valence-electron chi connectivity index (χ0n) is 11.4. The van der Waals surface area contributed by atoms with Gasteiger partial charge in [-0.2, -0.15) is 0 Å². The van der Waals surface area contributed by atoms with Crippen molar-refractivity contribution >= 4 is 17.3 Å². The lowest BCUT2D eigenvalue weighted by Crippen LogP contribution is -2.31. The number of nitrogens with zero attached hydrogens (tertiary/aromatic N) is 1. The lowest BCUT2D eigenvalue weighted by atomic mass is 10.1. The van der Waals surface area contributed by atoms with Crippen LogP contribution in [0.25, 0.3) is 0 Å². The summed E-state index contributed by atoms with van der Waals surface area (Å²) in [6.07, 6.45) is 0.691. The van der Waals surface area contributed by atoms with Crippen LogP contribution in [-0.4, -0.2) is 36.2 Å². The van der Waals surface area contributed by atoms with Crippen molar-refractivity contribution in [1.82, 2.24) is 5.32 Å². The van der Waals surface area contributed by atoms with E-state index in [0.29, 0.717) is 30.8 Å². The number of rotatable bonds is 3. The maximum absolute atomic E-state index is 12.1. The third-order valence-corrected chi connectivity index (χ3v) is 3.40. The largest absolute Gasteiger partial charge is 0.399 e. The van der Waals surface area contributed by atoms with E-state index in [4.69, 9.17) is 5.73 Å². The molecule has 0 aliphatic carbocycles. The van der Waals surface area contributed by atoms with Gasteiger partial charge in [0.1, 0.15) is 0 Å². The topological polar surface area (TPSA) is 78.6 Å². The first kappa shape index (κ1) is 13.7. The molecular weight excluding hydrogens is 242 g/mol. The first-order chi connectivity index (χ1) is 8.93. The Morgan fingerprint density at radius 1 is 1.58 bits per heavy atom. The molecule has 1 atom stereocenters. The van der Waals surface area contributed by atoms with Crippen molar-refractivity contribution in [1.29, 1.82) is 0 Å². The number of anilines is 2. The summed E-state index contributed by atoms with van der Waals surface area (Å²) >= 11 is 0. The average molecular weight is 263 g/mol. The molecule has 104 valence electrons. The van der Waals surface area contributed by atoms with Crippen molar-refractivity contribution in [3.05, 3.63) is 23.8 Å². The van der Waals surface area contributed by atoms with Crippen LogP contribution in [0.5, 0.6) is 0 Å². The second-order valence-electron chi connectivity index (χ2n) is 5.30. The number of benzene rings is 1. The van der Waals surface area contributed by atoms with E-state index < -0.39 is 5.60 Å². The summed E-state index contributed by atoms with van der Waals surface area (Å²) in [5, 5.41) is 12.9. The smallest absolute Gasteiger partial charge is 0.253 e. The summed E-state index contributed by atoms with van der Waals surface area (Å²) in [6, 6.07) is 5.26. The standard InChI is InChI=1S/C14H21N3O2/c1-3-16-13(18)11-5-4-10(15)8-12(11)17-7-6-14(2,19)9-17/h4-5,8,19H,3,6-7,9,15H2,1-2H3,(H,16,18). The number of hydrogen-bond acceptors (Lipinski definition) is 4. The van der Waals surface area contributed by atoms with Gasteiger partial charge in [-0.05, 0) is 38.5 Å². The lowest BCUT2D eigenvalue weighted by Gasteiger charge is -2.23. The van der Waals surface area contributed by atoms with E-state index >= 15 is 0 Å². The van der Waals surface area contributed by atoms with Gasteiger partial charge in [-0.3, -0.25) is 4.79 Å². The Bertz CT molecular complexity index is 486. The van der Waals surface area contributed by atoms with Crippen molar-refractivity contribution in [3.8, 4) is 0 Å². The molecule has 1 unspecified atom stereocenters. The molecule has 19 heavy (non-hydrogen) atoms. The summed E-state index contributed by atoms with van der Waals surface area (Å²) in [5.41, 5.74) is 7.13. The van der Waals surface area contributed by atoms with Crippen LogP contribution in [0.1, 0.15) is 30.6 Å². The van der Waals surface area contributed by atoms with Gasteiger partial charge in [0.25, 0.3) is 5.91 Å². The third kappa shape index (κ3) is 2.98.